The number of nitrogens with zero attached hydrogens (tertiary/aromatic N) is 4. The third kappa shape index (κ3) is 2.89. The van der Waals surface area contributed by atoms with Gasteiger partial charge in [-0.05, 0) is 30.5 Å². The van der Waals surface area contributed by atoms with E-state index in [1.807, 2.05) is 19.4 Å². The zero-order valence-electron chi connectivity index (χ0n) is 10.3. The van der Waals surface area contributed by atoms with Gasteiger partial charge in [-0.25, -0.2) is 4.98 Å². The number of hydrogen-bond donors (Lipinski definition) is 2. The molecule has 2 aromatic heterocycles. The minimum absolute atomic E-state index is 0.200. The van der Waals surface area contributed by atoms with E-state index in [-0.39, 0.29) is 5.28 Å². The monoisotopic (exact) mass is 266 g/mol. The first-order valence-electron chi connectivity index (χ1n) is 5.57. The maximum atomic E-state index is 5.87. The van der Waals surface area contributed by atoms with Gasteiger partial charge >= 0.3 is 0 Å². The molecule has 0 atom stereocenters. The van der Waals surface area contributed by atoms with Crippen LogP contribution in [0.15, 0.2) is 12.4 Å². The highest BCUT2D eigenvalue weighted by Gasteiger charge is 2.07. The zero-order chi connectivity index (χ0) is 13.1. The van der Waals surface area contributed by atoms with E-state index in [0.29, 0.717) is 23.7 Å². The van der Waals surface area contributed by atoms with Crippen molar-refractivity contribution < 1.29 is 0 Å². The number of nitrogens with two attached hydrogens (primary N) is 1. The first-order valence-corrected chi connectivity index (χ1v) is 5.95. The van der Waals surface area contributed by atoms with E-state index in [9.17, 15) is 0 Å². The highest BCUT2D eigenvalue weighted by molar-refractivity contribution is 6.28. The predicted molar refractivity (Wildman–Crippen MR) is 71.6 cm³/mol. The molecule has 0 saturated heterocycles. The summed E-state index contributed by atoms with van der Waals surface area (Å²) in [5.74, 6) is 0.580. The highest BCUT2D eigenvalue weighted by atomic mass is 35.5. The molecule has 0 spiro atoms. The summed E-state index contributed by atoms with van der Waals surface area (Å²) < 4.78 is 1.77. The standard InChI is InChI=1S/C11H15ClN6/c1-7-9(13)10(17-11(12)16-7)14-4-3-8-5-15-18(2)6-8/h5-6H,3-4,13H2,1-2H3,(H,14,16,17). The molecule has 6 nitrogen and oxygen atoms in total. The van der Waals surface area contributed by atoms with Gasteiger partial charge in [0.1, 0.15) is 0 Å². The molecule has 96 valence electrons. The Balaban J connectivity index is 1.98. The van der Waals surface area contributed by atoms with E-state index in [1.54, 1.807) is 11.6 Å². The number of hydrogen-bond acceptors (Lipinski definition) is 5. The Morgan fingerprint density at radius 3 is 2.89 bits per heavy atom. The molecule has 0 aromatic carbocycles. The van der Waals surface area contributed by atoms with Crippen LogP contribution in [0.2, 0.25) is 5.28 Å². The first kappa shape index (κ1) is 12.6. The van der Waals surface area contributed by atoms with Gasteiger partial charge in [0.05, 0.1) is 17.6 Å². The van der Waals surface area contributed by atoms with Crippen LogP contribution in [0.1, 0.15) is 11.3 Å². The summed E-state index contributed by atoms with van der Waals surface area (Å²) in [5.41, 5.74) is 8.24. The number of nitrogen functional groups attached to an aromatic ring is 1. The minimum atomic E-state index is 0.200. The van der Waals surface area contributed by atoms with Crippen LogP contribution in [0.25, 0.3) is 0 Å². The Kier molecular flexibility index (Phi) is 3.66. The van der Waals surface area contributed by atoms with Crippen molar-refractivity contribution in [1.29, 1.82) is 0 Å². The highest BCUT2D eigenvalue weighted by Crippen LogP contribution is 2.20. The summed E-state index contributed by atoms with van der Waals surface area (Å²) in [6, 6.07) is 0. The number of halogens is 1. The van der Waals surface area contributed by atoms with Gasteiger partial charge in [0.2, 0.25) is 5.28 Å². The number of aromatic nitrogens is 4. The smallest absolute Gasteiger partial charge is 0.224 e. The van der Waals surface area contributed by atoms with Crippen LogP contribution in [0.4, 0.5) is 11.5 Å². The summed E-state index contributed by atoms with van der Waals surface area (Å²) in [7, 11) is 1.89. The van der Waals surface area contributed by atoms with Gasteiger partial charge in [-0.1, -0.05) is 0 Å². The van der Waals surface area contributed by atoms with Gasteiger partial charge in [0.25, 0.3) is 0 Å². The Morgan fingerprint density at radius 1 is 1.44 bits per heavy atom. The van der Waals surface area contributed by atoms with Crippen LogP contribution < -0.4 is 11.1 Å². The zero-order valence-corrected chi connectivity index (χ0v) is 11.1. The van der Waals surface area contributed by atoms with Crippen LogP contribution in [0, 0.1) is 6.92 Å². The first-order chi connectivity index (χ1) is 8.56. The summed E-state index contributed by atoms with van der Waals surface area (Å²) in [6.45, 7) is 2.51. The van der Waals surface area contributed by atoms with Crippen molar-refractivity contribution in [3.63, 3.8) is 0 Å². The van der Waals surface area contributed by atoms with Gasteiger partial charge in [-0.15, -0.1) is 0 Å². The normalized spacial score (nSPS) is 10.6. The largest absolute Gasteiger partial charge is 0.394 e. The van der Waals surface area contributed by atoms with Crippen molar-refractivity contribution in [3.05, 3.63) is 28.9 Å². The van der Waals surface area contributed by atoms with Gasteiger partial charge < -0.3 is 11.1 Å². The number of anilines is 2. The van der Waals surface area contributed by atoms with Crippen LogP contribution in [0.5, 0.6) is 0 Å². The number of nitrogens with one attached hydrogen (secondary N) is 1. The molecule has 7 heteroatoms. The third-order valence-corrected chi connectivity index (χ3v) is 2.74. The lowest BCUT2D eigenvalue weighted by atomic mass is 10.2. The second-order valence-corrected chi connectivity index (χ2v) is 4.38. The lowest BCUT2D eigenvalue weighted by Gasteiger charge is -2.09. The quantitative estimate of drug-likeness (QED) is 0.818. The molecule has 3 N–H and O–H groups in total. The Hall–Kier alpha value is -1.82. The van der Waals surface area contributed by atoms with E-state index < -0.39 is 0 Å². The fraction of sp³-hybridized carbons (Fsp3) is 0.364. The molecule has 0 amide bonds. The second-order valence-electron chi connectivity index (χ2n) is 4.04. The van der Waals surface area contributed by atoms with Gasteiger partial charge in [0, 0.05) is 19.8 Å². The van der Waals surface area contributed by atoms with Crippen LogP contribution in [0.3, 0.4) is 0 Å². The molecule has 0 aliphatic rings. The number of rotatable bonds is 4. The van der Waals surface area contributed by atoms with Crippen LogP contribution in [-0.4, -0.2) is 26.3 Å². The molecule has 18 heavy (non-hydrogen) atoms. The number of aryl methyl sites for hydroxylation is 2. The molecular formula is C11H15ClN6. The molecule has 0 aliphatic heterocycles. The molecule has 0 saturated carbocycles. The summed E-state index contributed by atoms with van der Waals surface area (Å²) in [6.07, 6.45) is 4.65. The molecule has 2 heterocycles. The van der Waals surface area contributed by atoms with Gasteiger partial charge in [-0.3, -0.25) is 4.68 Å². The fourth-order valence-corrected chi connectivity index (χ4v) is 1.82. The lowest BCUT2D eigenvalue weighted by molar-refractivity contribution is 0.767. The molecule has 0 bridgehead atoms. The lowest BCUT2D eigenvalue weighted by Crippen LogP contribution is -2.10. The molecule has 0 fully saturated rings. The predicted octanol–water partition coefficient (Wildman–Crippen LogP) is 1.41. The SMILES string of the molecule is Cc1nc(Cl)nc(NCCc2cnn(C)c2)c1N. The average molecular weight is 267 g/mol. The molecule has 0 unspecified atom stereocenters. The van der Waals surface area contributed by atoms with E-state index in [4.69, 9.17) is 17.3 Å². The molecule has 0 aliphatic carbocycles. The fourth-order valence-electron chi connectivity index (χ4n) is 1.61. The molecule has 2 rings (SSSR count). The maximum Gasteiger partial charge on any atom is 0.224 e. The summed E-state index contributed by atoms with van der Waals surface area (Å²) in [4.78, 5) is 8.05. The molecular weight excluding hydrogens is 252 g/mol. The minimum Gasteiger partial charge on any atom is -0.394 e. The summed E-state index contributed by atoms with van der Waals surface area (Å²) >= 11 is 5.79. The van der Waals surface area contributed by atoms with Crippen molar-refractivity contribution in [2.75, 3.05) is 17.6 Å². The van der Waals surface area contributed by atoms with E-state index >= 15 is 0 Å². The van der Waals surface area contributed by atoms with Crippen molar-refractivity contribution in [1.82, 2.24) is 19.7 Å². The Morgan fingerprint density at radius 2 is 2.22 bits per heavy atom. The molecule has 0 radical (unpaired) electrons. The Bertz CT molecular complexity index is 550. The van der Waals surface area contributed by atoms with Crippen molar-refractivity contribution in [2.24, 2.45) is 7.05 Å². The maximum absolute atomic E-state index is 5.87. The van der Waals surface area contributed by atoms with Gasteiger partial charge in [-0.2, -0.15) is 10.1 Å². The van der Waals surface area contributed by atoms with Crippen LogP contribution in [-0.2, 0) is 13.5 Å². The molecule has 2 aromatic rings. The van der Waals surface area contributed by atoms with Crippen LogP contribution >= 0.6 is 11.6 Å². The second kappa shape index (κ2) is 5.22. The third-order valence-electron chi connectivity index (χ3n) is 2.57. The van der Waals surface area contributed by atoms with Crippen molar-refractivity contribution >= 4 is 23.1 Å². The Labute approximate surface area is 110 Å². The van der Waals surface area contributed by atoms with Crippen molar-refractivity contribution in [3.8, 4) is 0 Å². The van der Waals surface area contributed by atoms with Gasteiger partial charge in [0.15, 0.2) is 5.82 Å². The van der Waals surface area contributed by atoms with E-state index in [1.165, 1.54) is 0 Å². The topological polar surface area (TPSA) is 81.7 Å². The van der Waals surface area contributed by atoms with E-state index in [0.717, 1.165) is 12.0 Å². The average Bonchev–Trinajstić information content (AvgIpc) is 2.71. The van der Waals surface area contributed by atoms with Crippen molar-refractivity contribution in [2.45, 2.75) is 13.3 Å². The van der Waals surface area contributed by atoms with E-state index in [2.05, 4.69) is 20.4 Å². The summed E-state index contributed by atoms with van der Waals surface area (Å²) in [5, 5.41) is 7.46.